The van der Waals surface area contributed by atoms with Gasteiger partial charge in [-0.3, -0.25) is 4.79 Å². The first-order valence-corrected chi connectivity index (χ1v) is 8.19. The molecule has 0 bridgehead atoms. The number of H-pyrrole nitrogens is 1. The summed E-state index contributed by atoms with van der Waals surface area (Å²) in [5, 5.41) is 7.21. The highest BCUT2D eigenvalue weighted by Crippen LogP contribution is 2.18. The van der Waals surface area contributed by atoms with Gasteiger partial charge in [-0.25, -0.2) is 9.97 Å². The zero-order valence-electron chi connectivity index (χ0n) is 13.5. The minimum Gasteiger partial charge on any atom is -0.361 e. The molecular formula is C18H21N5O. The molecule has 0 aliphatic rings. The van der Waals surface area contributed by atoms with Crippen LogP contribution < -0.4 is 10.6 Å². The molecule has 1 amide bonds. The number of nitrogens with zero attached hydrogens (tertiary/aromatic N) is 2. The molecule has 124 valence electrons. The van der Waals surface area contributed by atoms with Crippen molar-refractivity contribution in [1.82, 2.24) is 15.0 Å². The van der Waals surface area contributed by atoms with Crippen LogP contribution in [0, 0.1) is 0 Å². The zero-order valence-corrected chi connectivity index (χ0v) is 13.5. The molecule has 0 unspecified atom stereocenters. The maximum absolute atomic E-state index is 12.0. The molecular weight excluding hydrogens is 302 g/mol. The van der Waals surface area contributed by atoms with E-state index in [0.717, 1.165) is 42.4 Å². The van der Waals surface area contributed by atoms with Crippen LogP contribution in [0.1, 0.15) is 25.7 Å². The molecule has 0 radical (unpaired) electrons. The Kier molecular flexibility index (Phi) is 5.40. The van der Waals surface area contributed by atoms with E-state index in [1.165, 1.54) is 0 Å². The Bertz CT molecular complexity index is 784. The summed E-state index contributed by atoms with van der Waals surface area (Å²) in [7, 11) is 0. The number of aromatic amines is 1. The average molecular weight is 323 g/mol. The molecule has 3 rings (SSSR count). The fourth-order valence-electron chi connectivity index (χ4n) is 2.53. The van der Waals surface area contributed by atoms with Gasteiger partial charge in [0.1, 0.15) is 0 Å². The van der Waals surface area contributed by atoms with Gasteiger partial charge in [-0.05, 0) is 43.2 Å². The first-order valence-electron chi connectivity index (χ1n) is 8.19. The topological polar surface area (TPSA) is 82.7 Å². The number of carbonyl (C=O) groups excluding carboxylic acids is 1. The average Bonchev–Trinajstić information content (AvgIpc) is 3.06. The van der Waals surface area contributed by atoms with E-state index < -0.39 is 0 Å². The quantitative estimate of drug-likeness (QED) is 0.553. The van der Waals surface area contributed by atoms with E-state index in [1.807, 2.05) is 30.5 Å². The van der Waals surface area contributed by atoms with Gasteiger partial charge in [-0.15, -0.1) is 0 Å². The van der Waals surface area contributed by atoms with Crippen LogP contribution in [0.4, 0.5) is 11.6 Å². The lowest BCUT2D eigenvalue weighted by Gasteiger charge is -2.06. The lowest BCUT2D eigenvalue weighted by molar-refractivity contribution is -0.116. The molecule has 1 aromatic carbocycles. The highest BCUT2D eigenvalue weighted by molar-refractivity contribution is 5.93. The number of unbranched alkanes of at least 4 members (excludes halogenated alkanes) is 2. The normalized spacial score (nSPS) is 10.7. The second-order valence-corrected chi connectivity index (χ2v) is 5.64. The highest BCUT2D eigenvalue weighted by Gasteiger charge is 2.03. The molecule has 2 heterocycles. The Morgan fingerprint density at radius 1 is 1.08 bits per heavy atom. The Balaban J connectivity index is 1.32. The van der Waals surface area contributed by atoms with Crippen molar-refractivity contribution in [2.75, 3.05) is 17.2 Å². The van der Waals surface area contributed by atoms with Crippen LogP contribution in [0.15, 0.2) is 48.9 Å². The van der Waals surface area contributed by atoms with Gasteiger partial charge >= 0.3 is 0 Å². The van der Waals surface area contributed by atoms with Crippen molar-refractivity contribution in [1.29, 1.82) is 0 Å². The SMILES string of the molecule is O=C(CCCCCNc1ncccn1)Nc1ccc2[nH]ccc2c1. The van der Waals surface area contributed by atoms with Crippen LogP contribution in [0.2, 0.25) is 0 Å². The predicted octanol–water partition coefficient (Wildman–Crippen LogP) is 3.57. The summed E-state index contributed by atoms with van der Waals surface area (Å²) < 4.78 is 0. The van der Waals surface area contributed by atoms with Crippen LogP contribution >= 0.6 is 0 Å². The van der Waals surface area contributed by atoms with Crippen LogP contribution in [0.3, 0.4) is 0 Å². The number of hydrogen-bond donors (Lipinski definition) is 3. The van der Waals surface area contributed by atoms with Crippen molar-refractivity contribution in [2.45, 2.75) is 25.7 Å². The Morgan fingerprint density at radius 2 is 1.96 bits per heavy atom. The summed E-state index contributed by atoms with van der Waals surface area (Å²) in [4.78, 5) is 23.3. The summed E-state index contributed by atoms with van der Waals surface area (Å²) in [5.74, 6) is 0.708. The van der Waals surface area contributed by atoms with Crippen molar-refractivity contribution in [2.24, 2.45) is 0 Å². The number of nitrogens with one attached hydrogen (secondary N) is 3. The van der Waals surface area contributed by atoms with E-state index in [-0.39, 0.29) is 5.91 Å². The second-order valence-electron chi connectivity index (χ2n) is 5.64. The third-order valence-corrected chi connectivity index (χ3v) is 3.77. The number of amides is 1. The molecule has 0 saturated carbocycles. The fourth-order valence-corrected chi connectivity index (χ4v) is 2.53. The number of benzene rings is 1. The Hall–Kier alpha value is -2.89. The monoisotopic (exact) mass is 323 g/mol. The van der Waals surface area contributed by atoms with E-state index in [1.54, 1.807) is 18.5 Å². The zero-order chi connectivity index (χ0) is 16.6. The van der Waals surface area contributed by atoms with Gasteiger partial charge in [0.2, 0.25) is 11.9 Å². The van der Waals surface area contributed by atoms with Crippen LogP contribution in [-0.4, -0.2) is 27.4 Å². The van der Waals surface area contributed by atoms with Gasteiger partial charge < -0.3 is 15.6 Å². The van der Waals surface area contributed by atoms with Crippen molar-refractivity contribution in [3.05, 3.63) is 48.9 Å². The van der Waals surface area contributed by atoms with Crippen LogP contribution in [0.5, 0.6) is 0 Å². The van der Waals surface area contributed by atoms with E-state index in [2.05, 4.69) is 25.6 Å². The summed E-state index contributed by atoms with van der Waals surface area (Å²) >= 11 is 0. The number of fused-ring (bicyclic) bond motifs is 1. The van der Waals surface area contributed by atoms with Crippen molar-refractivity contribution >= 4 is 28.4 Å². The Labute approximate surface area is 140 Å². The molecule has 0 aliphatic carbocycles. The van der Waals surface area contributed by atoms with E-state index in [0.29, 0.717) is 12.4 Å². The fraction of sp³-hybridized carbons (Fsp3) is 0.278. The molecule has 0 fully saturated rings. The number of hydrogen-bond acceptors (Lipinski definition) is 4. The van der Waals surface area contributed by atoms with Crippen LogP contribution in [0.25, 0.3) is 10.9 Å². The highest BCUT2D eigenvalue weighted by atomic mass is 16.1. The maximum atomic E-state index is 12.0. The molecule has 24 heavy (non-hydrogen) atoms. The molecule has 6 heteroatoms. The number of aromatic nitrogens is 3. The van der Waals surface area contributed by atoms with E-state index >= 15 is 0 Å². The first kappa shape index (κ1) is 16.0. The molecule has 3 aromatic rings. The van der Waals surface area contributed by atoms with Crippen LogP contribution in [-0.2, 0) is 4.79 Å². The van der Waals surface area contributed by atoms with Gasteiger partial charge in [0.25, 0.3) is 0 Å². The molecule has 0 atom stereocenters. The standard InChI is InChI=1S/C18H21N5O/c24-17(23-15-6-7-16-14(13-15)8-12-19-16)5-2-1-3-9-20-18-21-10-4-11-22-18/h4,6-8,10-13,19H,1-3,5,9H2,(H,23,24)(H,20,21,22). The van der Waals surface area contributed by atoms with E-state index in [9.17, 15) is 4.79 Å². The molecule has 3 N–H and O–H groups in total. The van der Waals surface area contributed by atoms with Gasteiger partial charge in [-0.2, -0.15) is 0 Å². The molecule has 6 nitrogen and oxygen atoms in total. The molecule has 2 aromatic heterocycles. The second kappa shape index (κ2) is 8.10. The van der Waals surface area contributed by atoms with Gasteiger partial charge in [0.15, 0.2) is 0 Å². The first-order chi connectivity index (χ1) is 11.8. The maximum Gasteiger partial charge on any atom is 0.224 e. The summed E-state index contributed by atoms with van der Waals surface area (Å²) in [6.45, 7) is 0.815. The minimum atomic E-state index is 0.0595. The largest absolute Gasteiger partial charge is 0.361 e. The lowest BCUT2D eigenvalue weighted by Crippen LogP contribution is -2.11. The van der Waals surface area contributed by atoms with Gasteiger partial charge in [-0.1, -0.05) is 6.42 Å². The third kappa shape index (κ3) is 4.55. The smallest absolute Gasteiger partial charge is 0.224 e. The predicted molar refractivity (Wildman–Crippen MR) is 95.9 cm³/mol. The van der Waals surface area contributed by atoms with Crippen molar-refractivity contribution in [3.63, 3.8) is 0 Å². The Morgan fingerprint density at radius 3 is 2.83 bits per heavy atom. The minimum absolute atomic E-state index is 0.0595. The number of carbonyl (C=O) groups is 1. The summed E-state index contributed by atoms with van der Waals surface area (Å²) in [6, 6.07) is 9.66. The van der Waals surface area contributed by atoms with E-state index in [4.69, 9.17) is 0 Å². The number of rotatable bonds is 8. The molecule has 0 aliphatic heterocycles. The molecule has 0 spiro atoms. The number of anilines is 2. The van der Waals surface area contributed by atoms with Gasteiger partial charge in [0.05, 0.1) is 0 Å². The summed E-state index contributed by atoms with van der Waals surface area (Å²) in [5.41, 5.74) is 1.91. The lowest BCUT2D eigenvalue weighted by atomic mass is 10.1. The van der Waals surface area contributed by atoms with Crippen molar-refractivity contribution < 1.29 is 4.79 Å². The van der Waals surface area contributed by atoms with Crippen molar-refractivity contribution in [3.8, 4) is 0 Å². The summed E-state index contributed by atoms with van der Waals surface area (Å²) in [6.07, 6.45) is 8.70. The molecule has 0 saturated heterocycles. The van der Waals surface area contributed by atoms with Gasteiger partial charge in [0, 0.05) is 48.1 Å². The third-order valence-electron chi connectivity index (χ3n) is 3.77.